The second-order valence-corrected chi connectivity index (χ2v) is 2.39. The number of hydrogen-bond donors (Lipinski definition) is 2. The van der Waals surface area contributed by atoms with Gasteiger partial charge in [-0.15, -0.1) is 0 Å². The van der Waals surface area contributed by atoms with E-state index in [2.05, 4.69) is 10.3 Å². The van der Waals surface area contributed by atoms with Gasteiger partial charge in [-0.1, -0.05) is 6.07 Å². The highest BCUT2D eigenvalue weighted by molar-refractivity contribution is 5.92. The Kier molecular flexibility index (Phi) is 3.19. The van der Waals surface area contributed by atoms with E-state index in [0.29, 0.717) is 0 Å². The van der Waals surface area contributed by atoms with E-state index < -0.39 is 12.6 Å². The highest BCUT2D eigenvalue weighted by atomic mass is 19.1. The van der Waals surface area contributed by atoms with Crippen molar-refractivity contribution < 1.29 is 9.18 Å². The molecular weight excluding hydrogens is 173 g/mol. The van der Waals surface area contributed by atoms with Crippen LogP contribution in [-0.2, 0) is 0 Å². The molecule has 1 aromatic rings. The van der Waals surface area contributed by atoms with Crippen molar-refractivity contribution in [3.05, 3.63) is 23.9 Å². The predicted molar refractivity (Wildman–Crippen MR) is 47.0 cm³/mol. The Balaban J connectivity index is 2.66. The number of nitrogens with two attached hydrogens (primary N) is 1. The van der Waals surface area contributed by atoms with E-state index in [-0.39, 0.29) is 18.1 Å². The maximum absolute atomic E-state index is 11.7. The van der Waals surface area contributed by atoms with Crippen molar-refractivity contribution in [1.29, 1.82) is 0 Å². The number of pyridine rings is 1. The molecule has 5 heteroatoms. The van der Waals surface area contributed by atoms with Crippen molar-refractivity contribution in [2.45, 2.75) is 0 Å². The van der Waals surface area contributed by atoms with Gasteiger partial charge >= 0.3 is 0 Å². The highest BCUT2D eigenvalue weighted by Crippen LogP contribution is 1.99. The normalized spacial score (nSPS) is 9.62. The Morgan fingerprint density at radius 3 is 3.00 bits per heavy atom. The molecule has 0 unspecified atom stereocenters. The number of aromatic nitrogens is 1. The van der Waals surface area contributed by atoms with Gasteiger partial charge in [-0.05, 0) is 12.1 Å². The molecule has 0 saturated carbocycles. The Labute approximate surface area is 75.0 Å². The van der Waals surface area contributed by atoms with E-state index >= 15 is 0 Å². The molecule has 1 amide bonds. The Bertz CT molecular complexity index is 303. The number of halogens is 1. The average molecular weight is 183 g/mol. The number of carbonyl (C=O) groups excluding carboxylic acids is 1. The van der Waals surface area contributed by atoms with Gasteiger partial charge in [0.05, 0.1) is 0 Å². The zero-order valence-electron chi connectivity index (χ0n) is 6.96. The van der Waals surface area contributed by atoms with Crippen LogP contribution in [0, 0.1) is 0 Å². The molecule has 1 rings (SSSR count). The monoisotopic (exact) mass is 183 g/mol. The first-order valence-corrected chi connectivity index (χ1v) is 3.80. The molecule has 4 nitrogen and oxygen atoms in total. The second kappa shape index (κ2) is 4.39. The minimum Gasteiger partial charge on any atom is -0.384 e. The number of amides is 1. The first kappa shape index (κ1) is 9.44. The molecule has 0 atom stereocenters. The number of nitrogens with one attached hydrogen (secondary N) is 1. The summed E-state index contributed by atoms with van der Waals surface area (Å²) in [5, 5.41) is 2.34. The topological polar surface area (TPSA) is 68.0 Å². The van der Waals surface area contributed by atoms with Crippen molar-refractivity contribution in [1.82, 2.24) is 10.3 Å². The molecule has 0 fully saturated rings. The fraction of sp³-hybridized carbons (Fsp3) is 0.250. The van der Waals surface area contributed by atoms with E-state index in [9.17, 15) is 9.18 Å². The van der Waals surface area contributed by atoms with Crippen LogP contribution >= 0.6 is 0 Å². The molecule has 0 aliphatic rings. The van der Waals surface area contributed by atoms with Crippen LogP contribution in [0.5, 0.6) is 0 Å². The summed E-state index contributed by atoms with van der Waals surface area (Å²) in [6.45, 7) is -0.594. The number of nitrogens with zero attached hydrogens (tertiary/aromatic N) is 1. The summed E-state index contributed by atoms with van der Waals surface area (Å²) in [7, 11) is 0. The molecule has 0 bridgehead atoms. The summed E-state index contributed by atoms with van der Waals surface area (Å²) in [4.78, 5) is 14.9. The second-order valence-electron chi connectivity index (χ2n) is 2.39. The molecular formula is C8H10FN3O. The Hall–Kier alpha value is -1.65. The van der Waals surface area contributed by atoms with Crippen LogP contribution in [0.1, 0.15) is 10.5 Å². The molecule has 70 valence electrons. The lowest BCUT2D eigenvalue weighted by molar-refractivity contribution is 0.0946. The van der Waals surface area contributed by atoms with Crippen LogP contribution in [0.15, 0.2) is 18.2 Å². The molecule has 0 aliphatic heterocycles. The fourth-order valence-corrected chi connectivity index (χ4v) is 0.829. The molecule has 13 heavy (non-hydrogen) atoms. The molecule has 1 aromatic heterocycles. The third kappa shape index (κ3) is 2.70. The zero-order chi connectivity index (χ0) is 9.68. The number of hydrogen-bond acceptors (Lipinski definition) is 3. The van der Waals surface area contributed by atoms with E-state index in [1.54, 1.807) is 12.1 Å². The van der Waals surface area contributed by atoms with Crippen LogP contribution in [0.4, 0.5) is 10.2 Å². The minimum atomic E-state index is -0.589. The largest absolute Gasteiger partial charge is 0.384 e. The summed E-state index contributed by atoms with van der Waals surface area (Å²) in [6, 6.07) is 4.71. The molecule has 3 N–H and O–H groups in total. The summed E-state index contributed by atoms with van der Waals surface area (Å²) >= 11 is 0. The van der Waals surface area contributed by atoms with Crippen molar-refractivity contribution in [2.24, 2.45) is 0 Å². The minimum absolute atomic E-state index is 0.00465. The van der Waals surface area contributed by atoms with Gasteiger partial charge in [-0.25, -0.2) is 9.37 Å². The van der Waals surface area contributed by atoms with Crippen LogP contribution in [0.2, 0.25) is 0 Å². The van der Waals surface area contributed by atoms with Gasteiger partial charge < -0.3 is 11.1 Å². The summed E-state index contributed by atoms with van der Waals surface area (Å²) in [5.74, 6) is -0.141. The van der Waals surface area contributed by atoms with Gasteiger partial charge in [0.25, 0.3) is 5.91 Å². The van der Waals surface area contributed by atoms with Gasteiger partial charge in [0.1, 0.15) is 18.2 Å². The number of rotatable bonds is 3. The zero-order valence-corrected chi connectivity index (χ0v) is 6.96. The van der Waals surface area contributed by atoms with Gasteiger partial charge in [0.2, 0.25) is 0 Å². The summed E-state index contributed by atoms with van der Waals surface area (Å²) in [5.41, 5.74) is 5.56. The molecule has 0 radical (unpaired) electrons. The van der Waals surface area contributed by atoms with E-state index in [1.165, 1.54) is 6.07 Å². The standard InChI is InChI=1S/C8H10FN3O/c9-4-5-11-8(13)6-2-1-3-7(10)12-6/h1-3H,4-5H2,(H2,10,12)(H,11,13). The fourth-order valence-electron chi connectivity index (χ4n) is 0.829. The maximum atomic E-state index is 11.7. The molecule has 1 heterocycles. The molecule has 0 aromatic carbocycles. The quantitative estimate of drug-likeness (QED) is 0.711. The number of alkyl halides is 1. The van der Waals surface area contributed by atoms with Crippen molar-refractivity contribution in [3.63, 3.8) is 0 Å². The molecule has 0 spiro atoms. The van der Waals surface area contributed by atoms with Crippen LogP contribution < -0.4 is 11.1 Å². The van der Waals surface area contributed by atoms with Gasteiger partial charge in [-0.3, -0.25) is 4.79 Å². The Morgan fingerprint density at radius 1 is 1.62 bits per heavy atom. The van der Waals surface area contributed by atoms with Crippen LogP contribution in [0.25, 0.3) is 0 Å². The maximum Gasteiger partial charge on any atom is 0.270 e. The number of nitrogen functional groups attached to an aromatic ring is 1. The van der Waals surface area contributed by atoms with Gasteiger partial charge in [0, 0.05) is 6.54 Å². The van der Waals surface area contributed by atoms with Crippen molar-refractivity contribution in [3.8, 4) is 0 Å². The third-order valence-electron chi connectivity index (χ3n) is 1.38. The van der Waals surface area contributed by atoms with E-state index in [1.807, 2.05) is 0 Å². The highest BCUT2D eigenvalue weighted by Gasteiger charge is 2.05. The first-order valence-electron chi connectivity index (χ1n) is 3.80. The lowest BCUT2D eigenvalue weighted by Crippen LogP contribution is -2.26. The van der Waals surface area contributed by atoms with Crippen molar-refractivity contribution >= 4 is 11.7 Å². The third-order valence-corrected chi connectivity index (χ3v) is 1.38. The van der Waals surface area contributed by atoms with Crippen LogP contribution in [0.3, 0.4) is 0 Å². The summed E-state index contributed by atoms with van der Waals surface area (Å²) < 4.78 is 11.7. The number of anilines is 1. The van der Waals surface area contributed by atoms with E-state index in [0.717, 1.165) is 0 Å². The predicted octanol–water partition coefficient (Wildman–Crippen LogP) is 0.363. The Morgan fingerprint density at radius 2 is 2.38 bits per heavy atom. The van der Waals surface area contributed by atoms with Gasteiger partial charge in [0.15, 0.2) is 0 Å². The molecule has 0 aliphatic carbocycles. The summed E-state index contributed by atoms with van der Waals surface area (Å²) in [6.07, 6.45) is 0. The SMILES string of the molecule is Nc1cccc(C(=O)NCCF)n1. The lowest BCUT2D eigenvalue weighted by Gasteiger charge is -2.01. The smallest absolute Gasteiger partial charge is 0.270 e. The first-order chi connectivity index (χ1) is 6.24. The molecule has 0 saturated heterocycles. The number of carbonyl (C=O) groups is 1. The van der Waals surface area contributed by atoms with Crippen LogP contribution in [-0.4, -0.2) is 24.1 Å². The average Bonchev–Trinajstić information content (AvgIpc) is 2.14. The van der Waals surface area contributed by atoms with E-state index in [4.69, 9.17) is 5.73 Å². The van der Waals surface area contributed by atoms with Crippen molar-refractivity contribution in [2.75, 3.05) is 19.0 Å². The van der Waals surface area contributed by atoms with Gasteiger partial charge in [-0.2, -0.15) is 0 Å². The lowest BCUT2D eigenvalue weighted by atomic mass is 10.3.